The maximum absolute atomic E-state index is 9.32. The van der Waals surface area contributed by atoms with Crippen LogP contribution in [-0.2, 0) is 6.61 Å². The molecule has 62 valence electrons. The molecule has 0 unspecified atom stereocenters. The Morgan fingerprint density at radius 2 is 2.25 bits per heavy atom. The lowest BCUT2D eigenvalue weighted by atomic mass is 10.2. The number of aromatic amines is 1. The van der Waals surface area contributed by atoms with E-state index in [1.165, 1.54) is 0 Å². The van der Waals surface area contributed by atoms with E-state index in [4.69, 9.17) is 5.11 Å². The van der Waals surface area contributed by atoms with Crippen LogP contribution in [0.4, 0.5) is 0 Å². The maximum atomic E-state index is 9.32. The highest BCUT2D eigenvalue weighted by Gasteiger charge is 2.06. The van der Waals surface area contributed by atoms with Crippen LogP contribution in [-0.4, -0.2) is 20.4 Å². The van der Waals surface area contributed by atoms with Crippen molar-refractivity contribution < 1.29 is 10.2 Å². The van der Waals surface area contributed by atoms with Gasteiger partial charge in [0.05, 0.1) is 12.3 Å². The number of fused-ring (bicyclic) bond motifs is 1. The van der Waals surface area contributed by atoms with Crippen molar-refractivity contribution in [1.82, 2.24) is 10.2 Å². The minimum Gasteiger partial charge on any atom is -0.506 e. The molecule has 1 aromatic carbocycles. The number of para-hydroxylation sites is 1. The first-order valence-electron chi connectivity index (χ1n) is 3.58. The van der Waals surface area contributed by atoms with Crippen LogP contribution in [0.5, 0.6) is 5.75 Å². The quantitative estimate of drug-likeness (QED) is 0.582. The van der Waals surface area contributed by atoms with Crippen LogP contribution in [0.2, 0.25) is 0 Å². The van der Waals surface area contributed by atoms with Gasteiger partial charge in [-0.05, 0) is 6.07 Å². The summed E-state index contributed by atoms with van der Waals surface area (Å²) in [6.07, 6.45) is 0. The number of aromatic hydroxyl groups is 1. The Balaban J connectivity index is 2.80. The number of phenols is 1. The van der Waals surface area contributed by atoms with Crippen LogP contribution in [0, 0.1) is 0 Å². The monoisotopic (exact) mass is 164 g/mol. The van der Waals surface area contributed by atoms with E-state index in [2.05, 4.69) is 10.2 Å². The Labute approximate surface area is 68.5 Å². The highest BCUT2D eigenvalue weighted by molar-refractivity contribution is 5.86. The zero-order chi connectivity index (χ0) is 8.55. The number of benzene rings is 1. The minimum absolute atomic E-state index is 0.0973. The number of phenolic OH excluding ortho intramolecular Hbond substituents is 1. The molecule has 0 saturated carbocycles. The summed E-state index contributed by atoms with van der Waals surface area (Å²) >= 11 is 0. The Bertz CT molecular complexity index is 408. The predicted octanol–water partition coefficient (Wildman–Crippen LogP) is 0.761. The Morgan fingerprint density at radius 3 is 3.00 bits per heavy atom. The van der Waals surface area contributed by atoms with Crippen molar-refractivity contribution in [2.24, 2.45) is 0 Å². The van der Waals surface area contributed by atoms with Gasteiger partial charge in [0.2, 0.25) is 0 Å². The topological polar surface area (TPSA) is 69.1 Å². The number of H-pyrrole nitrogens is 1. The van der Waals surface area contributed by atoms with Crippen molar-refractivity contribution in [3.8, 4) is 5.75 Å². The Morgan fingerprint density at radius 1 is 1.42 bits per heavy atom. The van der Waals surface area contributed by atoms with Crippen molar-refractivity contribution in [2.45, 2.75) is 6.61 Å². The molecular formula is C8H8N2O2. The fourth-order valence-corrected chi connectivity index (χ4v) is 1.20. The molecule has 12 heavy (non-hydrogen) atoms. The lowest BCUT2D eigenvalue weighted by Gasteiger charge is -1.92. The second-order valence-corrected chi connectivity index (χ2v) is 2.53. The van der Waals surface area contributed by atoms with E-state index in [0.29, 0.717) is 11.2 Å². The van der Waals surface area contributed by atoms with Gasteiger partial charge in [-0.1, -0.05) is 12.1 Å². The maximum Gasteiger partial charge on any atom is 0.143 e. The second-order valence-electron chi connectivity index (χ2n) is 2.53. The molecule has 0 aliphatic heterocycles. The average molecular weight is 164 g/mol. The molecule has 0 fully saturated rings. The molecule has 4 heteroatoms. The first-order valence-corrected chi connectivity index (χ1v) is 3.58. The van der Waals surface area contributed by atoms with E-state index in [1.807, 2.05) is 0 Å². The number of aliphatic hydroxyl groups excluding tert-OH is 1. The van der Waals surface area contributed by atoms with Crippen LogP contribution in [0.15, 0.2) is 18.2 Å². The fourth-order valence-electron chi connectivity index (χ4n) is 1.20. The molecule has 1 aromatic heterocycles. The standard InChI is InChI=1S/C8H8N2O2/c11-4-6-5-2-1-3-7(12)8(5)10-9-6/h1-3,11-12H,4H2,(H,9,10). The number of aliphatic hydroxyl groups is 1. The van der Waals surface area contributed by atoms with E-state index in [9.17, 15) is 5.11 Å². The molecule has 0 amide bonds. The van der Waals surface area contributed by atoms with E-state index < -0.39 is 0 Å². The van der Waals surface area contributed by atoms with Gasteiger partial charge in [-0.2, -0.15) is 5.10 Å². The largest absolute Gasteiger partial charge is 0.506 e. The van der Waals surface area contributed by atoms with Crippen molar-refractivity contribution in [3.05, 3.63) is 23.9 Å². The van der Waals surface area contributed by atoms with Gasteiger partial charge in [0, 0.05) is 5.39 Å². The Kier molecular flexibility index (Phi) is 1.48. The lowest BCUT2D eigenvalue weighted by Crippen LogP contribution is -1.81. The van der Waals surface area contributed by atoms with Crippen molar-refractivity contribution >= 4 is 10.9 Å². The van der Waals surface area contributed by atoms with Gasteiger partial charge in [-0.3, -0.25) is 5.10 Å². The van der Waals surface area contributed by atoms with Crippen LogP contribution in [0.3, 0.4) is 0 Å². The summed E-state index contributed by atoms with van der Waals surface area (Å²) in [5, 5.41) is 25.4. The predicted molar refractivity (Wildman–Crippen MR) is 43.7 cm³/mol. The van der Waals surface area contributed by atoms with Gasteiger partial charge >= 0.3 is 0 Å². The molecule has 2 aromatic rings. The second kappa shape index (κ2) is 2.49. The third-order valence-electron chi connectivity index (χ3n) is 1.80. The molecule has 0 aliphatic carbocycles. The number of aromatic nitrogens is 2. The summed E-state index contributed by atoms with van der Waals surface area (Å²) in [5.41, 5.74) is 1.13. The Hall–Kier alpha value is -1.55. The number of nitrogens with one attached hydrogen (secondary N) is 1. The van der Waals surface area contributed by atoms with Crippen LogP contribution in [0.25, 0.3) is 10.9 Å². The third-order valence-corrected chi connectivity index (χ3v) is 1.80. The molecule has 0 saturated heterocycles. The van der Waals surface area contributed by atoms with Crippen LogP contribution in [0.1, 0.15) is 5.69 Å². The normalized spacial score (nSPS) is 10.8. The lowest BCUT2D eigenvalue weighted by molar-refractivity contribution is 0.278. The molecule has 4 nitrogen and oxygen atoms in total. The zero-order valence-corrected chi connectivity index (χ0v) is 6.28. The molecule has 0 bridgehead atoms. The summed E-state index contributed by atoms with van der Waals surface area (Å²) in [6.45, 7) is -0.0973. The van der Waals surface area contributed by atoms with Gasteiger partial charge in [0.1, 0.15) is 11.3 Å². The number of nitrogens with zero attached hydrogens (tertiary/aromatic N) is 1. The summed E-state index contributed by atoms with van der Waals surface area (Å²) < 4.78 is 0. The first-order chi connectivity index (χ1) is 5.83. The van der Waals surface area contributed by atoms with E-state index >= 15 is 0 Å². The summed E-state index contributed by atoms with van der Waals surface area (Å²) in [6, 6.07) is 5.07. The summed E-state index contributed by atoms with van der Waals surface area (Å²) in [4.78, 5) is 0. The molecule has 2 rings (SSSR count). The zero-order valence-electron chi connectivity index (χ0n) is 6.28. The van der Waals surface area contributed by atoms with E-state index in [0.717, 1.165) is 5.39 Å². The van der Waals surface area contributed by atoms with Crippen molar-refractivity contribution in [1.29, 1.82) is 0 Å². The summed E-state index contributed by atoms with van der Waals surface area (Å²) in [5.74, 6) is 0.128. The summed E-state index contributed by atoms with van der Waals surface area (Å²) in [7, 11) is 0. The van der Waals surface area contributed by atoms with Crippen LogP contribution < -0.4 is 0 Å². The highest BCUT2D eigenvalue weighted by Crippen LogP contribution is 2.23. The third kappa shape index (κ3) is 0.853. The molecule has 0 radical (unpaired) electrons. The van der Waals surface area contributed by atoms with Gasteiger partial charge in [0.25, 0.3) is 0 Å². The van der Waals surface area contributed by atoms with E-state index in [1.54, 1.807) is 18.2 Å². The minimum atomic E-state index is -0.0973. The molecule has 1 heterocycles. The molecule has 0 aliphatic rings. The average Bonchev–Trinajstić information content (AvgIpc) is 2.49. The van der Waals surface area contributed by atoms with Gasteiger partial charge in [-0.15, -0.1) is 0 Å². The highest BCUT2D eigenvalue weighted by atomic mass is 16.3. The number of rotatable bonds is 1. The fraction of sp³-hybridized carbons (Fsp3) is 0.125. The molecular weight excluding hydrogens is 156 g/mol. The number of hydrogen-bond donors (Lipinski definition) is 3. The van der Waals surface area contributed by atoms with Crippen LogP contribution >= 0.6 is 0 Å². The molecule has 3 N–H and O–H groups in total. The number of hydrogen-bond acceptors (Lipinski definition) is 3. The van der Waals surface area contributed by atoms with Crippen molar-refractivity contribution in [2.75, 3.05) is 0 Å². The molecule has 0 atom stereocenters. The van der Waals surface area contributed by atoms with Gasteiger partial charge in [-0.25, -0.2) is 0 Å². The van der Waals surface area contributed by atoms with Gasteiger partial charge in [0.15, 0.2) is 0 Å². The molecule has 0 spiro atoms. The smallest absolute Gasteiger partial charge is 0.143 e. The van der Waals surface area contributed by atoms with E-state index in [-0.39, 0.29) is 12.4 Å². The first kappa shape index (κ1) is 7.12. The van der Waals surface area contributed by atoms with Gasteiger partial charge < -0.3 is 10.2 Å². The van der Waals surface area contributed by atoms with Crippen molar-refractivity contribution in [3.63, 3.8) is 0 Å². The SMILES string of the molecule is OCc1[nH]nc2c(O)cccc12.